The summed E-state index contributed by atoms with van der Waals surface area (Å²) in [7, 11) is -1.79. The van der Waals surface area contributed by atoms with E-state index in [0.717, 1.165) is 5.56 Å². The molecule has 1 atom stereocenters. The smallest absolute Gasteiger partial charge is 0.238 e. The summed E-state index contributed by atoms with van der Waals surface area (Å²) in [5.41, 5.74) is 1.56. The highest BCUT2D eigenvalue weighted by molar-refractivity contribution is 7.89. The molecule has 2 N–H and O–H groups in total. The number of primary sulfonamides is 1. The standard InChI is InChI=1S/C16H19FN2O2S/c1-12(13-7-9-15(10-8-13)22(18,20)21)19(2)11-14-5-3-4-6-16(14)17/h3-10,12H,11H2,1-2H3,(H2,18,20,21)/t12-/m0/s1. The van der Waals surface area contributed by atoms with Crippen LogP contribution < -0.4 is 5.14 Å². The highest BCUT2D eigenvalue weighted by Gasteiger charge is 2.15. The van der Waals surface area contributed by atoms with Crippen molar-refractivity contribution < 1.29 is 12.8 Å². The molecule has 0 aliphatic heterocycles. The molecule has 0 heterocycles. The van der Waals surface area contributed by atoms with Gasteiger partial charge in [-0.05, 0) is 37.7 Å². The Morgan fingerprint density at radius 2 is 1.73 bits per heavy atom. The van der Waals surface area contributed by atoms with Crippen LogP contribution >= 0.6 is 0 Å². The summed E-state index contributed by atoms with van der Waals surface area (Å²) < 4.78 is 36.2. The zero-order valence-electron chi connectivity index (χ0n) is 12.5. The van der Waals surface area contributed by atoms with Crippen molar-refractivity contribution >= 4 is 10.0 Å². The molecule has 0 aliphatic rings. The average Bonchev–Trinajstić information content (AvgIpc) is 2.48. The van der Waals surface area contributed by atoms with Crippen molar-refractivity contribution in [2.24, 2.45) is 5.14 Å². The minimum atomic E-state index is -3.68. The molecule has 2 aromatic rings. The van der Waals surface area contributed by atoms with Crippen LogP contribution in [0.4, 0.5) is 4.39 Å². The number of benzene rings is 2. The van der Waals surface area contributed by atoms with Gasteiger partial charge in [-0.2, -0.15) is 0 Å². The molecular weight excluding hydrogens is 303 g/mol. The Hall–Kier alpha value is -1.76. The first-order valence-corrected chi connectivity index (χ1v) is 8.40. The second-order valence-corrected chi connectivity index (χ2v) is 6.86. The lowest BCUT2D eigenvalue weighted by Crippen LogP contribution is -2.22. The average molecular weight is 322 g/mol. The maximum absolute atomic E-state index is 13.7. The van der Waals surface area contributed by atoms with Gasteiger partial charge in [0.25, 0.3) is 0 Å². The Balaban J connectivity index is 2.14. The largest absolute Gasteiger partial charge is 0.295 e. The van der Waals surface area contributed by atoms with Crippen LogP contribution in [0.2, 0.25) is 0 Å². The normalized spacial score (nSPS) is 13.3. The van der Waals surface area contributed by atoms with Gasteiger partial charge in [-0.1, -0.05) is 30.3 Å². The molecule has 2 aromatic carbocycles. The third kappa shape index (κ3) is 3.91. The van der Waals surface area contributed by atoms with E-state index in [1.165, 1.54) is 18.2 Å². The second kappa shape index (κ2) is 6.56. The van der Waals surface area contributed by atoms with Crippen molar-refractivity contribution in [2.45, 2.75) is 24.4 Å². The van der Waals surface area contributed by atoms with Crippen LogP contribution in [0.15, 0.2) is 53.4 Å². The summed E-state index contributed by atoms with van der Waals surface area (Å²) in [6.07, 6.45) is 0. The number of nitrogens with zero attached hydrogens (tertiary/aromatic N) is 1. The molecule has 0 bridgehead atoms. The molecule has 22 heavy (non-hydrogen) atoms. The van der Waals surface area contributed by atoms with Crippen LogP contribution in [0.25, 0.3) is 0 Å². The Morgan fingerprint density at radius 1 is 1.14 bits per heavy atom. The summed E-state index contributed by atoms with van der Waals surface area (Å²) in [6.45, 7) is 2.44. The van der Waals surface area contributed by atoms with Gasteiger partial charge >= 0.3 is 0 Å². The molecule has 0 unspecified atom stereocenters. The molecule has 0 saturated carbocycles. The number of sulfonamides is 1. The molecular formula is C16H19FN2O2S. The second-order valence-electron chi connectivity index (χ2n) is 5.30. The fraction of sp³-hybridized carbons (Fsp3) is 0.250. The van der Waals surface area contributed by atoms with Crippen molar-refractivity contribution in [3.63, 3.8) is 0 Å². The quantitative estimate of drug-likeness (QED) is 0.920. The highest BCUT2D eigenvalue weighted by Crippen LogP contribution is 2.22. The van der Waals surface area contributed by atoms with Crippen molar-refractivity contribution in [3.05, 3.63) is 65.5 Å². The van der Waals surface area contributed by atoms with E-state index in [1.54, 1.807) is 30.3 Å². The number of hydrogen-bond acceptors (Lipinski definition) is 3. The lowest BCUT2D eigenvalue weighted by atomic mass is 10.1. The molecule has 0 aliphatic carbocycles. The minimum Gasteiger partial charge on any atom is -0.295 e. The fourth-order valence-corrected chi connectivity index (χ4v) is 2.74. The molecule has 6 heteroatoms. The Morgan fingerprint density at radius 3 is 2.27 bits per heavy atom. The summed E-state index contributed by atoms with van der Waals surface area (Å²) in [5.74, 6) is -0.230. The topological polar surface area (TPSA) is 63.4 Å². The molecule has 0 amide bonds. The Bertz CT molecular complexity index is 745. The van der Waals surface area contributed by atoms with Crippen LogP contribution in [-0.2, 0) is 16.6 Å². The van der Waals surface area contributed by atoms with Gasteiger partial charge in [0.15, 0.2) is 0 Å². The van der Waals surface area contributed by atoms with Gasteiger partial charge in [0.1, 0.15) is 5.82 Å². The third-order valence-electron chi connectivity index (χ3n) is 3.73. The van der Waals surface area contributed by atoms with Crippen LogP contribution in [0, 0.1) is 5.82 Å². The first-order valence-electron chi connectivity index (χ1n) is 6.85. The number of halogens is 1. The van der Waals surface area contributed by atoms with Crippen molar-refractivity contribution in [2.75, 3.05) is 7.05 Å². The Labute approximate surface area is 130 Å². The van der Waals surface area contributed by atoms with E-state index < -0.39 is 10.0 Å². The van der Waals surface area contributed by atoms with Crippen LogP contribution in [0.1, 0.15) is 24.1 Å². The van der Waals surface area contributed by atoms with E-state index in [4.69, 9.17) is 5.14 Å². The molecule has 4 nitrogen and oxygen atoms in total. The number of hydrogen-bond donors (Lipinski definition) is 1. The molecule has 0 saturated heterocycles. The van der Waals surface area contributed by atoms with Gasteiger partial charge in [-0.25, -0.2) is 17.9 Å². The summed E-state index contributed by atoms with van der Waals surface area (Å²) in [5, 5.41) is 5.08. The number of nitrogens with two attached hydrogens (primary N) is 1. The van der Waals surface area contributed by atoms with Gasteiger partial charge in [-0.15, -0.1) is 0 Å². The first-order chi connectivity index (χ1) is 10.3. The van der Waals surface area contributed by atoms with E-state index in [9.17, 15) is 12.8 Å². The fourth-order valence-electron chi connectivity index (χ4n) is 2.22. The first kappa shape index (κ1) is 16.6. The van der Waals surface area contributed by atoms with E-state index in [0.29, 0.717) is 12.1 Å². The summed E-state index contributed by atoms with van der Waals surface area (Å²) >= 11 is 0. The maximum Gasteiger partial charge on any atom is 0.238 e. The molecule has 0 radical (unpaired) electrons. The zero-order chi connectivity index (χ0) is 16.3. The molecule has 118 valence electrons. The summed E-state index contributed by atoms with van der Waals surface area (Å²) in [6, 6.07) is 13.1. The van der Waals surface area contributed by atoms with Gasteiger partial charge in [0.05, 0.1) is 4.90 Å². The van der Waals surface area contributed by atoms with Crippen molar-refractivity contribution in [1.82, 2.24) is 4.90 Å². The minimum absolute atomic E-state index is 0.00846. The van der Waals surface area contributed by atoms with Crippen LogP contribution in [0.5, 0.6) is 0 Å². The highest BCUT2D eigenvalue weighted by atomic mass is 32.2. The molecule has 2 rings (SSSR count). The van der Waals surface area contributed by atoms with Crippen molar-refractivity contribution in [1.29, 1.82) is 0 Å². The predicted molar refractivity (Wildman–Crippen MR) is 84.1 cm³/mol. The zero-order valence-corrected chi connectivity index (χ0v) is 13.3. The molecule has 0 aromatic heterocycles. The van der Waals surface area contributed by atoms with Gasteiger partial charge < -0.3 is 0 Å². The molecule has 0 spiro atoms. The van der Waals surface area contributed by atoms with Crippen LogP contribution in [-0.4, -0.2) is 20.4 Å². The van der Waals surface area contributed by atoms with Gasteiger partial charge in [-0.3, -0.25) is 4.90 Å². The van der Waals surface area contributed by atoms with E-state index in [2.05, 4.69) is 0 Å². The van der Waals surface area contributed by atoms with Crippen molar-refractivity contribution in [3.8, 4) is 0 Å². The molecule has 0 fully saturated rings. The Kier molecular flexibility index (Phi) is 4.95. The lowest BCUT2D eigenvalue weighted by Gasteiger charge is -2.25. The number of rotatable bonds is 5. The van der Waals surface area contributed by atoms with E-state index in [1.807, 2.05) is 18.9 Å². The lowest BCUT2D eigenvalue weighted by molar-refractivity contribution is 0.249. The predicted octanol–water partition coefficient (Wildman–Crippen LogP) is 2.67. The SMILES string of the molecule is C[C@@H](c1ccc(S(N)(=O)=O)cc1)N(C)Cc1ccccc1F. The third-order valence-corrected chi connectivity index (χ3v) is 4.66. The summed E-state index contributed by atoms with van der Waals surface area (Å²) in [4.78, 5) is 2.07. The maximum atomic E-state index is 13.7. The van der Waals surface area contributed by atoms with Gasteiger partial charge in [0.2, 0.25) is 10.0 Å². The van der Waals surface area contributed by atoms with Crippen LogP contribution in [0.3, 0.4) is 0 Å². The van der Waals surface area contributed by atoms with Gasteiger partial charge in [0, 0.05) is 18.2 Å². The van der Waals surface area contributed by atoms with E-state index in [-0.39, 0.29) is 16.8 Å². The van der Waals surface area contributed by atoms with E-state index >= 15 is 0 Å². The monoisotopic (exact) mass is 322 g/mol.